The van der Waals surface area contributed by atoms with E-state index in [0.29, 0.717) is 23.4 Å². The number of nitrogens with zero attached hydrogens (tertiary/aromatic N) is 5. The fourth-order valence-electron chi connectivity index (χ4n) is 5.77. The smallest absolute Gasteiger partial charge is 0.424 e. The third-order valence-electron chi connectivity index (χ3n) is 7.72. The number of halogens is 3. The summed E-state index contributed by atoms with van der Waals surface area (Å²) in [4.78, 5) is 10.8. The standard InChI is InChI=1S/C29H32F3N7O2/c30-29(31,32)41-24-13-7-20(8-14-24)27-16-34-28(40-27)37-26-6-2-1-5-25(26)36-21-4-3-15-38(17-21)22-9-11-23(12-10-22)39-19-33-18-35-39/h7-14,16,18-19,21,25-26,36H,1-6,15,17H2,(H,34,37). The second-order valence-electron chi connectivity index (χ2n) is 10.6. The molecule has 9 nitrogen and oxygen atoms in total. The van der Waals surface area contributed by atoms with Crippen LogP contribution < -0.4 is 20.3 Å². The lowest BCUT2D eigenvalue weighted by molar-refractivity contribution is -0.274. The van der Waals surface area contributed by atoms with Crippen molar-refractivity contribution < 1.29 is 22.3 Å². The third-order valence-corrected chi connectivity index (χ3v) is 7.72. The summed E-state index contributed by atoms with van der Waals surface area (Å²) in [6.45, 7) is 1.96. The first-order valence-electron chi connectivity index (χ1n) is 13.9. The maximum atomic E-state index is 12.5. The number of ether oxygens (including phenoxy) is 1. The Morgan fingerprint density at radius 3 is 2.39 bits per heavy atom. The number of piperidine rings is 1. The largest absolute Gasteiger partial charge is 0.573 e. The zero-order valence-corrected chi connectivity index (χ0v) is 22.4. The van der Waals surface area contributed by atoms with Gasteiger partial charge < -0.3 is 24.7 Å². The molecule has 1 aliphatic heterocycles. The van der Waals surface area contributed by atoms with Crippen LogP contribution in [0.4, 0.5) is 24.9 Å². The summed E-state index contributed by atoms with van der Waals surface area (Å²) in [5, 5.41) is 11.6. The van der Waals surface area contributed by atoms with E-state index in [1.165, 1.54) is 42.7 Å². The molecule has 0 bridgehead atoms. The minimum Gasteiger partial charge on any atom is -0.424 e. The first kappa shape index (κ1) is 27.1. The topological polar surface area (TPSA) is 93.3 Å². The van der Waals surface area contributed by atoms with Gasteiger partial charge in [-0.1, -0.05) is 12.8 Å². The number of alkyl halides is 3. The fraction of sp³-hybridized carbons (Fsp3) is 0.414. The van der Waals surface area contributed by atoms with Gasteiger partial charge in [-0.3, -0.25) is 0 Å². The molecular formula is C29H32F3N7O2. The zero-order valence-electron chi connectivity index (χ0n) is 22.4. The number of benzene rings is 2. The van der Waals surface area contributed by atoms with Crippen molar-refractivity contribution in [1.29, 1.82) is 0 Å². The van der Waals surface area contributed by atoms with Gasteiger partial charge in [0, 0.05) is 42.5 Å². The van der Waals surface area contributed by atoms with Gasteiger partial charge in [0.05, 0.1) is 11.9 Å². The molecular weight excluding hydrogens is 535 g/mol. The predicted molar refractivity (Wildman–Crippen MR) is 148 cm³/mol. The second-order valence-corrected chi connectivity index (χ2v) is 10.6. The highest BCUT2D eigenvalue weighted by Crippen LogP contribution is 2.30. The SMILES string of the molecule is FC(F)(F)Oc1ccc(-c2cnc(NC3CCCCC3NC3CCCN(c4ccc(-n5cncn5)cc4)C3)o2)cc1. The molecule has 2 fully saturated rings. The van der Waals surface area contributed by atoms with E-state index in [1.54, 1.807) is 17.2 Å². The molecule has 2 aliphatic rings. The zero-order chi connectivity index (χ0) is 28.2. The van der Waals surface area contributed by atoms with Crippen molar-refractivity contribution in [3.8, 4) is 22.8 Å². The van der Waals surface area contributed by atoms with Crippen LogP contribution in [0.1, 0.15) is 38.5 Å². The number of nitrogens with one attached hydrogen (secondary N) is 2. The van der Waals surface area contributed by atoms with Crippen LogP contribution in [0, 0.1) is 0 Å². The molecule has 3 atom stereocenters. The van der Waals surface area contributed by atoms with Gasteiger partial charge in [-0.15, -0.1) is 13.2 Å². The number of oxazole rings is 1. The minimum atomic E-state index is -4.73. The number of anilines is 2. The van der Waals surface area contributed by atoms with Gasteiger partial charge in [-0.05, 0) is 74.2 Å². The lowest BCUT2D eigenvalue weighted by Gasteiger charge is -2.40. The summed E-state index contributed by atoms with van der Waals surface area (Å²) in [7, 11) is 0. The Labute approximate surface area is 235 Å². The molecule has 0 radical (unpaired) electrons. The summed E-state index contributed by atoms with van der Waals surface area (Å²) < 4.78 is 49.0. The van der Waals surface area contributed by atoms with Crippen molar-refractivity contribution >= 4 is 11.7 Å². The van der Waals surface area contributed by atoms with Crippen molar-refractivity contribution in [2.75, 3.05) is 23.3 Å². The van der Waals surface area contributed by atoms with Crippen LogP contribution in [-0.4, -0.2) is 57.3 Å². The molecule has 0 amide bonds. The van der Waals surface area contributed by atoms with Crippen molar-refractivity contribution in [3.63, 3.8) is 0 Å². The first-order chi connectivity index (χ1) is 19.9. The maximum absolute atomic E-state index is 12.5. The van der Waals surface area contributed by atoms with Crippen molar-refractivity contribution in [2.45, 2.75) is 63.0 Å². The van der Waals surface area contributed by atoms with Gasteiger partial charge >= 0.3 is 6.36 Å². The number of rotatable bonds is 8. The summed E-state index contributed by atoms with van der Waals surface area (Å²) in [6.07, 6.45) is 6.67. The predicted octanol–water partition coefficient (Wildman–Crippen LogP) is 5.80. The van der Waals surface area contributed by atoms with Gasteiger partial charge in [0.15, 0.2) is 5.76 Å². The molecule has 2 N–H and O–H groups in total. The molecule has 1 saturated heterocycles. The average Bonchev–Trinajstić information content (AvgIpc) is 3.67. The fourth-order valence-corrected chi connectivity index (χ4v) is 5.77. The normalized spacial score (nSPS) is 21.5. The molecule has 1 aliphatic carbocycles. The van der Waals surface area contributed by atoms with Crippen molar-refractivity contribution in [2.24, 2.45) is 0 Å². The molecule has 2 aromatic heterocycles. The molecule has 41 heavy (non-hydrogen) atoms. The lowest BCUT2D eigenvalue weighted by atomic mass is 9.89. The Hall–Kier alpha value is -4.06. The molecule has 2 aromatic carbocycles. The Morgan fingerprint density at radius 1 is 0.902 bits per heavy atom. The minimum absolute atomic E-state index is 0.162. The molecule has 4 aromatic rings. The third kappa shape index (κ3) is 6.82. The van der Waals surface area contributed by atoms with E-state index in [4.69, 9.17) is 4.42 Å². The molecule has 12 heteroatoms. The van der Waals surface area contributed by atoms with Gasteiger partial charge in [0.25, 0.3) is 6.01 Å². The van der Waals surface area contributed by atoms with Gasteiger partial charge in [0.2, 0.25) is 0 Å². The van der Waals surface area contributed by atoms with Crippen LogP contribution in [0.5, 0.6) is 5.75 Å². The maximum Gasteiger partial charge on any atom is 0.573 e. The van der Waals surface area contributed by atoms with Crippen LogP contribution in [0.25, 0.3) is 17.0 Å². The first-order valence-corrected chi connectivity index (χ1v) is 13.9. The van der Waals surface area contributed by atoms with Crippen LogP contribution >= 0.6 is 0 Å². The van der Waals surface area contributed by atoms with Gasteiger partial charge in [-0.2, -0.15) is 5.10 Å². The van der Waals surface area contributed by atoms with E-state index in [0.717, 1.165) is 50.9 Å². The highest BCUT2D eigenvalue weighted by Gasteiger charge is 2.32. The van der Waals surface area contributed by atoms with Crippen LogP contribution in [-0.2, 0) is 0 Å². The van der Waals surface area contributed by atoms with E-state index in [1.807, 2.05) is 0 Å². The van der Waals surface area contributed by atoms with E-state index >= 15 is 0 Å². The number of hydrogen-bond donors (Lipinski definition) is 2. The Balaban J connectivity index is 1.06. The van der Waals surface area contributed by atoms with Crippen molar-refractivity contribution in [1.82, 2.24) is 25.1 Å². The summed E-state index contributed by atoms with van der Waals surface area (Å²) in [5.74, 6) is 0.199. The molecule has 3 unspecified atom stereocenters. The Kier molecular flexibility index (Phi) is 7.82. The van der Waals surface area contributed by atoms with Crippen LogP contribution in [0.3, 0.4) is 0 Å². The second kappa shape index (κ2) is 11.8. The summed E-state index contributed by atoms with van der Waals surface area (Å²) in [5.41, 5.74) is 2.80. The van der Waals surface area contributed by atoms with Gasteiger partial charge in [-0.25, -0.2) is 14.6 Å². The van der Waals surface area contributed by atoms with Gasteiger partial charge in [0.1, 0.15) is 18.4 Å². The van der Waals surface area contributed by atoms with E-state index in [-0.39, 0.29) is 17.8 Å². The molecule has 0 spiro atoms. The molecule has 216 valence electrons. The van der Waals surface area contributed by atoms with E-state index in [9.17, 15) is 13.2 Å². The summed E-state index contributed by atoms with van der Waals surface area (Å²) in [6, 6.07) is 15.2. The monoisotopic (exact) mass is 567 g/mol. The van der Waals surface area contributed by atoms with Crippen molar-refractivity contribution in [3.05, 3.63) is 67.4 Å². The van der Waals surface area contributed by atoms with E-state index in [2.05, 4.69) is 59.6 Å². The van der Waals surface area contributed by atoms with Crippen LogP contribution in [0.2, 0.25) is 0 Å². The number of hydrogen-bond acceptors (Lipinski definition) is 8. The summed E-state index contributed by atoms with van der Waals surface area (Å²) >= 11 is 0. The number of aromatic nitrogens is 4. The lowest BCUT2D eigenvalue weighted by Crippen LogP contribution is -2.54. The van der Waals surface area contributed by atoms with Crippen LogP contribution in [0.15, 0.2) is 71.8 Å². The Bertz CT molecular complexity index is 1390. The highest BCUT2D eigenvalue weighted by molar-refractivity contribution is 5.58. The highest BCUT2D eigenvalue weighted by atomic mass is 19.4. The molecule has 1 saturated carbocycles. The van der Waals surface area contributed by atoms with E-state index < -0.39 is 6.36 Å². The quantitative estimate of drug-likeness (QED) is 0.276. The average molecular weight is 568 g/mol. The molecule has 6 rings (SSSR count). The Morgan fingerprint density at radius 2 is 1.66 bits per heavy atom. The molecule has 3 heterocycles.